The molecule has 0 aromatic rings. The highest BCUT2D eigenvalue weighted by Gasteiger charge is 2.32. The van der Waals surface area contributed by atoms with Crippen molar-refractivity contribution in [3.05, 3.63) is 0 Å². The highest BCUT2D eigenvalue weighted by atomic mass is 16.4. The summed E-state index contributed by atoms with van der Waals surface area (Å²) < 4.78 is 0. The van der Waals surface area contributed by atoms with Gasteiger partial charge in [-0.2, -0.15) is 0 Å². The summed E-state index contributed by atoms with van der Waals surface area (Å²) in [6, 6.07) is 0.251. The van der Waals surface area contributed by atoms with Gasteiger partial charge in [0.05, 0.1) is 0 Å². The molecule has 4 heteroatoms. The Hall–Kier alpha value is -0.610. The minimum absolute atomic E-state index is 0.174. The topological polar surface area (TPSA) is 60.8 Å². The molecule has 0 saturated heterocycles. The molecule has 0 aliphatic rings. The Labute approximate surface area is 85.5 Å². The fraction of sp³-hybridized carbons (Fsp3) is 0.900. The summed E-state index contributed by atoms with van der Waals surface area (Å²) in [5, 5.41) is 18.4. The fourth-order valence-corrected chi connectivity index (χ4v) is 1.27. The van der Waals surface area contributed by atoms with Gasteiger partial charge in [0.2, 0.25) is 0 Å². The van der Waals surface area contributed by atoms with Gasteiger partial charge in [-0.05, 0) is 33.7 Å². The zero-order valence-corrected chi connectivity index (χ0v) is 9.45. The van der Waals surface area contributed by atoms with Crippen molar-refractivity contribution in [1.82, 2.24) is 4.90 Å². The van der Waals surface area contributed by atoms with Gasteiger partial charge >= 0.3 is 5.97 Å². The predicted octanol–water partition coefficient (Wildman–Crippen LogP) is 0.942. The van der Waals surface area contributed by atoms with Crippen molar-refractivity contribution in [1.29, 1.82) is 0 Å². The third kappa shape index (κ3) is 4.07. The largest absolute Gasteiger partial charge is 0.479 e. The molecule has 0 saturated carbocycles. The standard InChI is InChI=1S/C10H21NO3/c1-5-6-11(8(2)3)7-10(4,14)9(12)13/h8,14H,5-7H2,1-4H3,(H,12,13). The van der Waals surface area contributed by atoms with Crippen LogP contribution in [0, 0.1) is 0 Å². The molecule has 1 atom stereocenters. The first-order chi connectivity index (χ1) is 6.31. The van der Waals surface area contributed by atoms with Crippen LogP contribution in [0.15, 0.2) is 0 Å². The van der Waals surface area contributed by atoms with Crippen LogP contribution in [0.4, 0.5) is 0 Å². The smallest absolute Gasteiger partial charge is 0.336 e. The molecule has 14 heavy (non-hydrogen) atoms. The predicted molar refractivity (Wildman–Crippen MR) is 55.3 cm³/mol. The van der Waals surface area contributed by atoms with E-state index in [4.69, 9.17) is 5.11 Å². The number of hydrogen-bond acceptors (Lipinski definition) is 3. The number of carboxylic acids is 1. The molecule has 0 rings (SSSR count). The summed E-state index contributed by atoms with van der Waals surface area (Å²) >= 11 is 0. The lowest BCUT2D eigenvalue weighted by atomic mass is 10.1. The van der Waals surface area contributed by atoms with E-state index in [0.29, 0.717) is 0 Å². The van der Waals surface area contributed by atoms with Gasteiger partial charge in [0.25, 0.3) is 0 Å². The summed E-state index contributed by atoms with van der Waals surface area (Å²) in [6.07, 6.45) is 0.952. The monoisotopic (exact) mass is 203 g/mol. The molecule has 4 nitrogen and oxygen atoms in total. The molecule has 0 bridgehead atoms. The van der Waals surface area contributed by atoms with Gasteiger partial charge in [0.1, 0.15) is 0 Å². The zero-order valence-electron chi connectivity index (χ0n) is 9.45. The lowest BCUT2D eigenvalue weighted by Crippen LogP contribution is -2.49. The summed E-state index contributed by atoms with van der Waals surface area (Å²) in [7, 11) is 0. The van der Waals surface area contributed by atoms with Crippen molar-refractivity contribution in [2.24, 2.45) is 0 Å². The molecule has 0 aliphatic heterocycles. The third-order valence-corrected chi connectivity index (χ3v) is 2.21. The van der Waals surface area contributed by atoms with E-state index in [9.17, 15) is 9.90 Å². The lowest BCUT2D eigenvalue weighted by molar-refractivity contribution is -0.158. The second-order valence-corrected chi connectivity index (χ2v) is 4.14. The van der Waals surface area contributed by atoms with E-state index >= 15 is 0 Å². The van der Waals surface area contributed by atoms with Crippen LogP contribution < -0.4 is 0 Å². The number of aliphatic hydroxyl groups is 1. The maximum atomic E-state index is 10.7. The summed E-state index contributed by atoms with van der Waals surface area (Å²) in [6.45, 7) is 8.33. The number of hydrogen-bond donors (Lipinski definition) is 2. The Balaban J connectivity index is 4.35. The number of aliphatic carboxylic acids is 1. The Morgan fingerprint density at radius 3 is 2.29 bits per heavy atom. The Bertz CT molecular complexity index is 190. The van der Waals surface area contributed by atoms with E-state index in [1.165, 1.54) is 6.92 Å². The van der Waals surface area contributed by atoms with E-state index in [-0.39, 0.29) is 12.6 Å². The number of rotatable bonds is 6. The zero-order chi connectivity index (χ0) is 11.4. The van der Waals surface area contributed by atoms with Crippen molar-refractivity contribution in [2.75, 3.05) is 13.1 Å². The van der Waals surface area contributed by atoms with Crippen LogP contribution in [0.25, 0.3) is 0 Å². The number of nitrogens with zero attached hydrogens (tertiary/aromatic N) is 1. The normalized spacial score (nSPS) is 15.9. The van der Waals surface area contributed by atoms with Crippen LogP contribution in [-0.2, 0) is 4.79 Å². The molecule has 0 aromatic carbocycles. The van der Waals surface area contributed by atoms with Gasteiger partial charge < -0.3 is 10.2 Å². The molecule has 0 aliphatic carbocycles. The van der Waals surface area contributed by atoms with Gasteiger partial charge in [-0.1, -0.05) is 6.92 Å². The maximum absolute atomic E-state index is 10.7. The maximum Gasteiger partial charge on any atom is 0.336 e. The van der Waals surface area contributed by atoms with E-state index in [0.717, 1.165) is 13.0 Å². The van der Waals surface area contributed by atoms with Crippen molar-refractivity contribution < 1.29 is 15.0 Å². The lowest BCUT2D eigenvalue weighted by Gasteiger charge is -2.31. The highest BCUT2D eigenvalue weighted by molar-refractivity contribution is 5.76. The molecular weight excluding hydrogens is 182 g/mol. The molecule has 0 aromatic heterocycles. The van der Waals surface area contributed by atoms with Crippen molar-refractivity contribution in [3.63, 3.8) is 0 Å². The van der Waals surface area contributed by atoms with Crippen LogP contribution in [0.2, 0.25) is 0 Å². The summed E-state index contributed by atoms with van der Waals surface area (Å²) in [5.74, 6) is -1.17. The molecule has 84 valence electrons. The number of carbonyl (C=O) groups is 1. The highest BCUT2D eigenvalue weighted by Crippen LogP contribution is 2.10. The Kier molecular flexibility index (Phi) is 5.08. The molecule has 0 radical (unpaired) electrons. The van der Waals surface area contributed by atoms with E-state index in [1.807, 2.05) is 25.7 Å². The van der Waals surface area contributed by atoms with E-state index in [1.54, 1.807) is 0 Å². The van der Waals surface area contributed by atoms with Gasteiger partial charge in [0.15, 0.2) is 5.60 Å². The van der Waals surface area contributed by atoms with Gasteiger partial charge in [-0.15, -0.1) is 0 Å². The van der Waals surface area contributed by atoms with Gasteiger partial charge in [0, 0.05) is 12.6 Å². The van der Waals surface area contributed by atoms with Crippen LogP contribution in [0.5, 0.6) is 0 Å². The van der Waals surface area contributed by atoms with Crippen LogP contribution in [0.3, 0.4) is 0 Å². The first kappa shape index (κ1) is 13.4. The van der Waals surface area contributed by atoms with E-state index in [2.05, 4.69) is 0 Å². The van der Waals surface area contributed by atoms with Crippen LogP contribution in [-0.4, -0.2) is 45.8 Å². The molecule has 0 amide bonds. The fourth-order valence-electron chi connectivity index (χ4n) is 1.27. The summed E-state index contributed by atoms with van der Waals surface area (Å²) in [4.78, 5) is 12.7. The minimum atomic E-state index is -1.65. The second kappa shape index (κ2) is 5.32. The average Bonchev–Trinajstić information content (AvgIpc) is 2.02. The quantitative estimate of drug-likeness (QED) is 0.674. The first-order valence-electron chi connectivity index (χ1n) is 5.01. The van der Waals surface area contributed by atoms with Crippen LogP contribution in [0.1, 0.15) is 34.1 Å². The molecule has 1 unspecified atom stereocenters. The molecular formula is C10H21NO3. The minimum Gasteiger partial charge on any atom is -0.479 e. The van der Waals surface area contributed by atoms with Crippen molar-refractivity contribution in [2.45, 2.75) is 45.8 Å². The second-order valence-electron chi connectivity index (χ2n) is 4.14. The van der Waals surface area contributed by atoms with Gasteiger partial charge in [-0.3, -0.25) is 4.90 Å². The third-order valence-electron chi connectivity index (χ3n) is 2.21. The SMILES string of the molecule is CCCN(CC(C)(O)C(=O)O)C(C)C. The Morgan fingerprint density at radius 1 is 1.50 bits per heavy atom. The van der Waals surface area contributed by atoms with Crippen molar-refractivity contribution in [3.8, 4) is 0 Å². The molecule has 0 heterocycles. The number of carboxylic acid groups (broad SMARTS) is 1. The van der Waals surface area contributed by atoms with Crippen molar-refractivity contribution >= 4 is 5.97 Å². The Morgan fingerprint density at radius 2 is 2.00 bits per heavy atom. The first-order valence-corrected chi connectivity index (χ1v) is 5.01. The molecule has 2 N–H and O–H groups in total. The summed E-state index contributed by atoms with van der Waals surface area (Å²) in [5.41, 5.74) is -1.65. The molecule has 0 fully saturated rings. The van der Waals surface area contributed by atoms with Gasteiger partial charge in [-0.25, -0.2) is 4.79 Å². The average molecular weight is 203 g/mol. The van der Waals surface area contributed by atoms with Crippen LogP contribution >= 0.6 is 0 Å². The molecule has 0 spiro atoms. The van der Waals surface area contributed by atoms with E-state index < -0.39 is 11.6 Å².